The molecule has 18 heavy (non-hydrogen) atoms. The van der Waals surface area contributed by atoms with Gasteiger partial charge in [-0.3, -0.25) is 0 Å². The Hall–Kier alpha value is -1.06. The van der Waals surface area contributed by atoms with Gasteiger partial charge in [-0.1, -0.05) is 25.1 Å². The van der Waals surface area contributed by atoms with E-state index >= 15 is 0 Å². The van der Waals surface area contributed by atoms with Crippen LogP contribution in [0.2, 0.25) is 0 Å². The minimum atomic E-state index is -0.305. The molecule has 0 amide bonds. The van der Waals surface area contributed by atoms with Gasteiger partial charge in [0.15, 0.2) is 0 Å². The van der Waals surface area contributed by atoms with Crippen molar-refractivity contribution in [1.82, 2.24) is 0 Å². The summed E-state index contributed by atoms with van der Waals surface area (Å²) < 4.78 is 11.3. The van der Waals surface area contributed by atoms with Crippen LogP contribution in [0.4, 0.5) is 0 Å². The smallest absolute Gasteiger partial charge is 0.124 e. The molecule has 0 bridgehead atoms. The van der Waals surface area contributed by atoms with E-state index in [0.717, 1.165) is 56.8 Å². The SMILES string of the molecule is CCCOc1ccccc1C1(N)CCCOCC1. The first-order valence-corrected chi connectivity index (χ1v) is 6.85. The molecule has 1 unspecified atom stereocenters. The van der Waals surface area contributed by atoms with E-state index in [-0.39, 0.29) is 5.54 Å². The molecular formula is C15H23NO2. The quantitative estimate of drug-likeness (QED) is 0.892. The summed E-state index contributed by atoms with van der Waals surface area (Å²) in [7, 11) is 0. The van der Waals surface area contributed by atoms with Gasteiger partial charge in [0.05, 0.1) is 6.61 Å². The van der Waals surface area contributed by atoms with Crippen molar-refractivity contribution < 1.29 is 9.47 Å². The van der Waals surface area contributed by atoms with Crippen LogP contribution >= 0.6 is 0 Å². The molecule has 2 rings (SSSR count). The Morgan fingerprint density at radius 3 is 2.94 bits per heavy atom. The van der Waals surface area contributed by atoms with Gasteiger partial charge >= 0.3 is 0 Å². The number of hydrogen-bond donors (Lipinski definition) is 1. The van der Waals surface area contributed by atoms with Gasteiger partial charge in [-0.25, -0.2) is 0 Å². The highest BCUT2D eigenvalue weighted by Crippen LogP contribution is 2.35. The second kappa shape index (κ2) is 6.21. The van der Waals surface area contributed by atoms with E-state index in [2.05, 4.69) is 13.0 Å². The molecule has 2 N–H and O–H groups in total. The van der Waals surface area contributed by atoms with Crippen molar-refractivity contribution in [3.63, 3.8) is 0 Å². The summed E-state index contributed by atoms with van der Waals surface area (Å²) in [5, 5.41) is 0. The first-order chi connectivity index (χ1) is 8.76. The summed E-state index contributed by atoms with van der Waals surface area (Å²) in [6.07, 6.45) is 3.84. The maximum atomic E-state index is 6.59. The number of hydrogen-bond acceptors (Lipinski definition) is 3. The number of para-hydroxylation sites is 1. The Labute approximate surface area is 109 Å². The molecule has 0 spiro atoms. The highest BCUT2D eigenvalue weighted by molar-refractivity contribution is 5.39. The topological polar surface area (TPSA) is 44.5 Å². The monoisotopic (exact) mass is 249 g/mol. The number of ether oxygens (including phenoxy) is 2. The van der Waals surface area contributed by atoms with Crippen molar-refractivity contribution in [1.29, 1.82) is 0 Å². The van der Waals surface area contributed by atoms with E-state index in [9.17, 15) is 0 Å². The molecule has 1 aliphatic rings. The largest absolute Gasteiger partial charge is 0.493 e. The fourth-order valence-electron chi connectivity index (χ4n) is 2.46. The average molecular weight is 249 g/mol. The lowest BCUT2D eigenvalue weighted by atomic mass is 9.83. The molecule has 0 aliphatic carbocycles. The van der Waals surface area contributed by atoms with Crippen LogP contribution < -0.4 is 10.5 Å². The molecule has 3 nitrogen and oxygen atoms in total. The molecule has 0 saturated carbocycles. The fraction of sp³-hybridized carbons (Fsp3) is 0.600. The minimum absolute atomic E-state index is 0.305. The molecule has 1 aromatic rings. The second-order valence-electron chi connectivity index (χ2n) is 4.97. The van der Waals surface area contributed by atoms with Gasteiger partial charge < -0.3 is 15.2 Å². The number of benzene rings is 1. The summed E-state index contributed by atoms with van der Waals surface area (Å²) >= 11 is 0. The molecule has 1 heterocycles. The van der Waals surface area contributed by atoms with Crippen molar-refractivity contribution >= 4 is 0 Å². The Morgan fingerprint density at radius 2 is 2.11 bits per heavy atom. The van der Waals surface area contributed by atoms with Crippen molar-refractivity contribution in [2.75, 3.05) is 19.8 Å². The third-order valence-corrected chi connectivity index (χ3v) is 3.49. The molecule has 3 heteroatoms. The fourth-order valence-corrected chi connectivity index (χ4v) is 2.46. The van der Waals surface area contributed by atoms with E-state index in [0.29, 0.717) is 0 Å². The van der Waals surface area contributed by atoms with Crippen LogP contribution in [0.5, 0.6) is 5.75 Å². The van der Waals surface area contributed by atoms with Gasteiger partial charge in [0.25, 0.3) is 0 Å². The third-order valence-electron chi connectivity index (χ3n) is 3.49. The zero-order valence-electron chi connectivity index (χ0n) is 11.2. The molecule has 1 atom stereocenters. The highest BCUT2D eigenvalue weighted by atomic mass is 16.5. The van der Waals surface area contributed by atoms with Gasteiger partial charge in [-0.15, -0.1) is 0 Å². The van der Waals surface area contributed by atoms with Crippen molar-refractivity contribution in [2.45, 2.75) is 38.1 Å². The minimum Gasteiger partial charge on any atom is -0.493 e. The van der Waals surface area contributed by atoms with E-state index in [4.69, 9.17) is 15.2 Å². The standard InChI is InChI=1S/C15H23NO2/c1-2-10-18-14-7-4-3-6-13(14)15(16)8-5-11-17-12-9-15/h3-4,6-7H,2,5,8-12,16H2,1H3. The van der Waals surface area contributed by atoms with Gasteiger partial charge in [-0.05, 0) is 31.7 Å². The number of nitrogens with two attached hydrogens (primary N) is 1. The van der Waals surface area contributed by atoms with Crippen LogP contribution in [-0.4, -0.2) is 19.8 Å². The molecule has 0 aromatic heterocycles. The third kappa shape index (κ3) is 3.03. The average Bonchev–Trinajstić information content (AvgIpc) is 2.62. The molecule has 1 aromatic carbocycles. The zero-order chi connectivity index (χ0) is 12.8. The van der Waals surface area contributed by atoms with E-state index in [1.807, 2.05) is 18.2 Å². The van der Waals surface area contributed by atoms with Gasteiger partial charge in [0, 0.05) is 24.3 Å². The summed E-state index contributed by atoms with van der Waals surface area (Å²) in [5.74, 6) is 0.934. The molecule has 1 aliphatic heterocycles. The van der Waals surface area contributed by atoms with Crippen molar-refractivity contribution in [3.05, 3.63) is 29.8 Å². The Morgan fingerprint density at radius 1 is 1.28 bits per heavy atom. The van der Waals surface area contributed by atoms with Gasteiger partial charge in [0.2, 0.25) is 0 Å². The van der Waals surface area contributed by atoms with Crippen molar-refractivity contribution in [2.24, 2.45) is 5.73 Å². The first-order valence-electron chi connectivity index (χ1n) is 6.85. The lowest BCUT2D eigenvalue weighted by Crippen LogP contribution is -2.37. The Bertz CT molecular complexity index is 371. The second-order valence-corrected chi connectivity index (χ2v) is 4.97. The summed E-state index contributed by atoms with van der Waals surface area (Å²) in [4.78, 5) is 0. The zero-order valence-corrected chi connectivity index (χ0v) is 11.2. The van der Waals surface area contributed by atoms with Gasteiger partial charge in [0.1, 0.15) is 5.75 Å². The van der Waals surface area contributed by atoms with Crippen LogP contribution in [0.1, 0.15) is 38.2 Å². The Kier molecular flexibility index (Phi) is 4.61. The molecule has 100 valence electrons. The van der Waals surface area contributed by atoms with Crippen LogP contribution in [0, 0.1) is 0 Å². The lowest BCUT2D eigenvalue weighted by Gasteiger charge is -2.30. The molecule has 1 fully saturated rings. The number of rotatable bonds is 4. The molecule has 0 radical (unpaired) electrons. The van der Waals surface area contributed by atoms with Crippen molar-refractivity contribution in [3.8, 4) is 5.75 Å². The highest BCUT2D eigenvalue weighted by Gasteiger charge is 2.31. The van der Waals surface area contributed by atoms with E-state index in [1.54, 1.807) is 0 Å². The maximum Gasteiger partial charge on any atom is 0.124 e. The Balaban J connectivity index is 2.24. The predicted octanol–water partition coefficient (Wildman–Crippen LogP) is 2.83. The summed E-state index contributed by atoms with van der Waals surface area (Å²) in [6, 6.07) is 8.15. The lowest BCUT2D eigenvalue weighted by molar-refractivity contribution is 0.139. The normalized spacial score (nSPS) is 24.6. The predicted molar refractivity (Wildman–Crippen MR) is 72.8 cm³/mol. The molecular weight excluding hydrogens is 226 g/mol. The van der Waals surface area contributed by atoms with Crippen LogP contribution in [-0.2, 0) is 10.3 Å². The van der Waals surface area contributed by atoms with Crippen LogP contribution in [0.15, 0.2) is 24.3 Å². The van der Waals surface area contributed by atoms with Crippen LogP contribution in [0.3, 0.4) is 0 Å². The van der Waals surface area contributed by atoms with Gasteiger partial charge in [-0.2, -0.15) is 0 Å². The van der Waals surface area contributed by atoms with E-state index < -0.39 is 0 Å². The summed E-state index contributed by atoms with van der Waals surface area (Å²) in [5.41, 5.74) is 7.42. The molecule has 1 saturated heterocycles. The maximum absolute atomic E-state index is 6.59. The first kappa shape index (κ1) is 13.4. The van der Waals surface area contributed by atoms with Crippen LogP contribution in [0.25, 0.3) is 0 Å². The summed E-state index contributed by atoms with van der Waals surface area (Å²) in [6.45, 7) is 4.40. The van der Waals surface area contributed by atoms with E-state index in [1.165, 1.54) is 0 Å².